The quantitative estimate of drug-likeness (QED) is 0.591. The van der Waals surface area contributed by atoms with Gasteiger partial charge in [-0.15, -0.1) is 0 Å². The van der Waals surface area contributed by atoms with Crippen LogP contribution in [-0.4, -0.2) is 18.7 Å². The van der Waals surface area contributed by atoms with Crippen LogP contribution in [0.4, 0.5) is 0 Å². The summed E-state index contributed by atoms with van der Waals surface area (Å²) in [5, 5.41) is 0. The Balaban J connectivity index is 2.18. The number of carbonyl (C=O) groups is 1. The van der Waals surface area contributed by atoms with E-state index in [1.807, 2.05) is 31.2 Å². The second-order valence-corrected chi connectivity index (χ2v) is 3.97. The fourth-order valence-corrected chi connectivity index (χ4v) is 2.14. The molecule has 0 aliphatic carbocycles. The average Bonchev–Trinajstić information content (AvgIpc) is 2.68. The maximum Gasteiger partial charge on any atom is 0.306 e. The van der Waals surface area contributed by atoms with E-state index >= 15 is 0 Å². The van der Waals surface area contributed by atoms with E-state index in [4.69, 9.17) is 9.47 Å². The molecule has 3 nitrogen and oxygen atoms in total. The number of fused-ring (bicyclic) bond motifs is 1. The Kier molecular flexibility index (Phi) is 3.47. The predicted molar refractivity (Wildman–Crippen MR) is 65.0 cm³/mol. The van der Waals surface area contributed by atoms with Crippen molar-refractivity contribution in [2.24, 2.45) is 0 Å². The smallest absolute Gasteiger partial charge is 0.306 e. The van der Waals surface area contributed by atoms with Crippen molar-refractivity contribution in [2.45, 2.75) is 25.4 Å². The predicted octanol–water partition coefficient (Wildman–Crippen LogP) is 2.67. The molecule has 90 valence electrons. The molecule has 0 bridgehead atoms. The highest BCUT2D eigenvalue weighted by Gasteiger charge is 2.33. The molecule has 2 unspecified atom stereocenters. The van der Waals surface area contributed by atoms with Gasteiger partial charge in [0.05, 0.1) is 13.0 Å². The minimum Gasteiger partial charge on any atom is -0.485 e. The number of carbonyl (C=O) groups excluding carboxylic acids is 1. The third kappa shape index (κ3) is 2.33. The van der Waals surface area contributed by atoms with Gasteiger partial charge in [-0.1, -0.05) is 30.9 Å². The van der Waals surface area contributed by atoms with E-state index < -0.39 is 0 Å². The molecule has 2 rings (SSSR count). The molecule has 1 aliphatic rings. The van der Waals surface area contributed by atoms with Crippen molar-refractivity contribution < 1.29 is 14.3 Å². The van der Waals surface area contributed by atoms with Gasteiger partial charge in [0.25, 0.3) is 0 Å². The summed E-state index contributed by atoms with van der Waals surface area (Å²) in [6.45, 7) is 5.97. The number of esters is 1. The lowest BCUT2D eigenvalue weighted by molar-refractivity contribution is -0.143. The van der Waals surface area contributed by atoms with Gasteiger partial charge < -0.3 is 9.47 Å². The van der Waals surface area contributed by atoms with Crippen LogP contribution in [0.2, 0.25) is 0 Å². The summed E-state index contributed by atoms with van der Waals surface area (Å²) in [7, 11) is 0. The van der Waals surface area contributed by atoms with E-state index in [-0.39, 0.29) is 18.0 Å². The first-order valence-corrected chi connectivity index (χ1v) is 5.80. The fraction of sp³-hybridized carbons (Fsp3) is 0.357. The molecule has 1 aromatic rings. The zero-order chi connectivity index (χ0) is 12.3. The molecule has 0 saturated heterocycles. The largest absolute Gasteiger partial charge is 0.485 e. The topological polar surface area (TPSA) is 35.5 Å². The van der Waals surface area contributed by atoms with E-state index in [1.54, 1.807) is 6.08 Å². The highest BCUT2D eigenvalue weighted by atomic mass is 16.5. The minimum atomic E-state index is -0.190. The first-order chi connectivity index (χ1) is 8.26. The summed E-state index contributed by atoms with van der Waals surface area (Å²) in [5.74, 6) is 0.666. The third-order valence-electron chi connectivity index (χ3n) is 2.90. The third-order valence-corrected chi connectivity index (χ3v) is 2.90. The minimum absolute atomic E-state index is 0.0164. The number of rotatable bonds is 4. The van der Waals surface area contributed by atoms with Gasteiger partial charge in [0.1, 0.15) is 11.9 Å². The SMILES string of the molecule is C=CC1Oc2ccccc2C1CC(=O)OCC. The standard InChI is InChI=1S/C14H16O3/c1-3-12-11(9-14(15)16-4-2)10-7-5-6-8-13(10)17-12/h3,5-8,11-12H,1,4,9H2,2H3. The second-order valence-electron chi connectivity index (χ2n) is 3.97. The molecular formula is C14H16O3. The van der Waals surface area contributed by atoms with Crippen molar-refractivity contribution in [3.05, 3.63) is 42.5 Å². The Morgan fingerprint density at radius 1 is 1.53 bits per heavy atom. The summed E-state index contributed by atoms with van der Waals surface area (Å²) in [6, 6.07) is 7.78. The van der Waals surface area contributed by atoms with E-state index in [0.717, 1.165) is 11.3 Å². The van der Waals surface area contributed by atoms with Crippen molar-refractivity contribution in [1.29, 1.82) is 0 Å². The monoisotopic (exact) mass is 232 g/mol. The molecular weight excluding hydrogens is 216 g/mol. The molecule has 0 N–H and O–H groups in total. The Morgan fingerprint density at radius 2 is 2.29 bits per heavy atom. The van der Waals surface area contributed by atoms with Crippen LogP contribution in [-0.2, 0) is 9.53 Å². The number of benzene rings is 1. The molecule has 0 radical (unpaired) electrons. The zero-order valence-corrected chi connectivity index (χ0v) is 9.89. The summed E-state index contributed by atoms with van der Waals surface area (Å²) in [6.07, 6.45) is 1.93. The molecule has 1 aliphatic heterocycles. The van der Waals surface area contributed by atoms with Crippen LogP contribution >= 0.6 is 0 Å². The van der Waals surface area contributed by atoms with Crippen LogP contribution in [0.1, 0.15) is 24.8 Å². The second kappa shape index (κ2) is 5.04. The first kappa shape index (κ1) is 11.7. The van der Waals surface area contributed by atoms with Crippen LogP contribution in [0.15, 0.2) is 36.9 Å². The zero-order valence-electron chi connectivity index (χ0n) is 9.89. The highest BCUT2D eigenvalue weighted by molar-refractivity contribution is 5.71. The lowest BCUT2D eigenvalue weighted by atomic mass is 9.92. The van der Waals surface area contributed by atoms with Gasteiger partial charge in [0, 0.05) is 11.5 Å². The van der Waals surface area contributed by atoms with Gasteiger partial charge in [0.15, 0.2) is 0 Å². The van der Waals surface area contributed by atoms with Crippen LogP contribution in [0.5, 0.6) is 5.75 Å². The van der Waals surface area contributed by atoms with Crippen LogP contribution in [0.25, 0.3) is 0 Å². The van der Waals surface area contributed by atoms with E-state index in [1.165, 1.54) is 0 Å². The number of para-hydroxylation sites is 1. The number of hydrogen-bond donors (Lipinski definition) is 0. The van der Waals surface area contributed by atoms with E-state index in [9.17, 15) is 4.79 Å². The van der Waals surface area contributed by atoms with Gasteiger partial charge >= 0.3 is 5.97 Å². The molecule has 1 aromatic carbocycles. The molecule has 0 spiro atoms. The Hall–Kier alpha value is -1.77. The molecule has 2 atom stereocenters. The van der Waals surface area contributed by atoms with Gasteiger partial charge in [-0.3, -0.25) is 4.79 Å². The molecule has 3 heteroatoms. The molecule has 0 aromatic heterocycles. The average molecular weight is 232 g/mol. The Morgan fingerprint density at radius 3 is 3.00 bits per heavy atom. The molecule has 0 fully saturated rings. The maximum absolute atomic E-state index is 11.6. The van der Waals surface area contributed by atoms with Crippen molar-refractivity contribution in [1.82, 2.24) is 0 Å². The lowest BCUT2D eigenvalue weighted by Gasteiger charge is -2.14. The summed E-state index contributed by atoms with van der Waals surface area (Å²) in [5.41, 5.74) is 1.06. The van der Waals surface area contributed by atoms with Crippen LogP contribution in [0.3, 0.4) is 0 Å². The number of hydrogen-bond acceptors (Lipinski definition) is 3. The van der Waals surface area contributed by atoms with Crippen LogP contribution < -0.4 is 4.74 Å². The Bertz CT molecular complexity index is 425. The van der Waals surface area contributed by atoms with Crippen molar-refractivity contribution in [2.75, 3.05) is 6.61 Å². The summed E-state index contributed by atoms with van der Waals surface area (Å²) in [4.78, 5) is 11.6. The van der Waals surface area contributed by atoms with Gasteiger partial charge in [-0.05, 0) is 13.0 Å². The highest BCUT2D eigenvalue weighted by Crippen LogP contribution is 2.40. The first-order valence-electron chi connectivity index (χ1n) is 5.80. The lowest BCUT2D eigenvalue weighted by Crippen LogP contribution is -2.19. The summed E-state index contributed by atoms with van der Waals surface area (Å²) >= 11 is 0. The summed E-state index contributed by atoms with van der Waals surface area (Å²) < 4.78 is 10.7. The van der Waals surface area contributed by atoms with Gasteiger partial charge in [-0.25, -0.2) is 0 Å². The van der Waals surface area contributed by atoms with Crippen LogP contribution in [0, 0.1) is 0 Å². The van der Waals surface area contributed by atoms with Crippen molar-refractivity contribution >= 4 is 5.97 Å². The Labute approximate surface area is 101 Å². The van der Waals surface area contributed by atoms with Crippen molar-refractivity contribution in [3.8, 4) is 5.75 Å². The number of ether oxygens (including phenoxy) is 2. The maximum atomic E-state index is 11.6. The van der Waals surface area contributed by atoms with E-state index in [2.05, 4.69) is 6.58 Å². The van der Waals surface area contributed by atoms with Crippen molar-refractivity contribution in [3.63, 3.8) is 0 Å². The van der Waals surface area contributed by atoms with Gasteiger partial charge in [0.2, 0.25) is 0 Å². The molecule has 0 amide bonds. The normalized spacial score (nSPS) is 21.5. The molecule has 17 heavy (non-hydrogen) atoms. The fourth-order valence-electron chi connectivity index (χ4n) is 2.14. The molecule has 0 saturated carbocycles. The molecule has 1 heterocycles. The van der Waals surface area contributed by atoms with E-state index in [0.29, 0.717) is 13.0 Å². The van der Waals surface area contributed by atoms with Gasteiger partial charge in [-0.2, -0.15) is 0 Å².